The highest BCUT2D eigenvalue weighted by molar-refractivity contribution is 5.68. The molecule has 0 aromatic heterocycles. The van der Waals surface area contributed by atoms with Crippen LogP contribution in [0.2, 0.25) is 0 Å². The largest absolute Gasteiger partial charge is 0.444 e. The number of nitrogens with zero attached hydrogens (tertiary/aromatic N) is 2. The summed E-state index contributed by atoms with van der Waals surface area (Å²) in [6.45, 7) is 14.0. The zero-order chi connectivity index (χ0) is 17.9. The van der Waals surface area contributed by atoms with E-state index < -0.39 is 5.60 Å². The van der Waals surface area contributed by atoms with Crippen molar-refractivity contribution in [3.63, 3.8) is 0 Å². The van der Waals surface area contributed by atoms with Crippen LogP contribution in [0.15, 0.2) is 24.0 Å². The molecule has 0 radical (unpaired) electrons. The molecule has 2 aliphatic heterocycles. The van der Waals surface area contributed by atoms with Gasteiger partial charge in [-0.05, 0) is 53.7 Å². The number of nitrogens with one attached hydrogen (secondary N) is 1. The molecule has 0 aromatic carbocycles. The Bertz CT molecular complexity index is 508. The van der Waals surface area contributed by atoms with E-state index in [2.05, 4.69) is 29.3 Å². The van der Waals surface area contributed by atoms with Crippen molar-refractivity contribution in [1.29, 1.82) is 0 Å². The van der Waals surface area contributed by atoms with Crippen LogP contribution in [0.5, 0.6) is 0 Å². The molecule has 1 unspecified atom stereocenters. The van der Waals surface area contributed by atoms with Gasteiger partial charge in [-0.3, -0.25) is 0 Å². The molecule has 6 heteroatoms. The van der Waals surface area contributed by atoms with Crippen molar-refractivity contribution in [2.24, 2.45) is 0 Å². The van der Waals surface area contributed by atoms with E-state index in [1.165, 1.54) is 0 Å². The van der Waals surface area contributed by atoms with Crippen LogP contribution in [0.4, 0.5) is 4.79 Å². The number of carbonyl (C=O) groups excluding carboxylic acids is 1. The summed E-state index contributed by atoms with van der Waals surface area (Å²) in [7, 11) is 0. The number of carbonyl (C=O) groups is 1. The molecule has 0 saturated carbocycles. The number of dihydropyridines is 1. The summed E-state index contributed by atoms with van der Waals surface area (Å²) in [4.78, 5) is 16.4. The van der Waals surface area contributed by atoms with Crippen molar-refractivity contribution in [2.45, 2.75) is 65.5 Å². The molecule has 2 aliphatic rings. The zero-order valence-electron chi connectivity index (χ0n) is 15.7. The number of amides is 1. The van der Waals surface area contributed by atoms with Gasteiger partial charge in [-0.2, -0.15) is 0 Å². The van der Waals surface area contributed by atoms with Crippen LogP contribution < -0.4 is 5.32 Å². The smallest absolute Gasteiger partial charge is 0.410 e. The van der Waals surface area contributed by atoms with Crippen molar-refractivity contribution >= 4 is 6.09 Å². The molecule has 6 nitrogen and oxygen atoms in total. The van der Waals surface area contributed by atoms with Gasteiger partial charge in [0.2, 0.25) is 0 Å². The molecule has 1 N–H and O–H groups in total. The topological polar surface area (TPSA) is 54.0 Å². The van der Waals surface area contributed by atoms with Gasteiger partial charge in [0.1, 0.15) is 11.8 Å². The van der Waals surface area contributed by atoms with Gasteiger partial charge in [-0.15, -0.1) is 0 Å². The molecule has 2 rings (SSSR count). The molecule has 2 heterocycles. The minimum atomic E-state index is -0.463. The highest BCUT2D eigenvalue weighted by atomic mass is 16.6. The van der Waals surface area contributed by atoms with E-state index >= 15 is 0 Å². The first-order valence-corrected chi connectivity index (χ1v) is 8.70. The van der Waals surface area contributed by atoms with E-state index in [4.69, 9.17) is 9.47 Å². The summed E-state index contributed by atoms with van der Waals surface area (Å²) in [6, 6.07) is 0.0993. The summed E-state index contributed by atoms with van der Waals surface area (Å²) >= 11 is 0. The van der Waals surface area contributed by atoms with Gasteiger partial charge in [0, 0.05) is 37.6 Å². The van der Waals surface area contributed by atoms with E-state index in [1.807, 2.05) is 45.7 Å². The minimum absolute atomic E-state index is 0.0993. The molecule has 2 atom stereocenters. The van der Waals surface area contributed by atoms with Crippen LogP contribution in [-0.2, 0) is 9.47 Å². The Hall–Kier alpha value is -1.69. The summed E-state index contributed by atoms with van der Waals surface area (Å²) in [5.41, 5.74) is 0.672. The Morgan fingerprint density at radius 2 is 2.04 bits per heavy atom. The summed E-state index contributed by atoms with van der Waals surface area (Å²) < 4.78 is 11.3. The van der Waals surface area contributed by atoms with Gasteiger partial charge in [-0.25, -0.2) is 4.79 Å². The first-order chi connectivity index (χ1) is 11.2. The Kier molecular flexibility index (Phi) is 5.80. The Labute approximate surface area is 145 Å². The second-order valence-corrected chi connectivity index (χ2v) is 7.67. The van der Waals surface area contributed by atoms with E-state index in [0.29, 0.717) is 6.54 Å². The molecule has 0 aromatic rings. The number of allylic oxidation sites excluding steroid dienone is 1. The average Bonchev–Trinajstić information content (AvgIpc) is 2.44. The normalized spacial score (nSPS) is 24.7. The fraction of sp³-hybridized carbons (Fsp3) is 0.722. The average molecular weight is 337 g/mol. The molecule has 1 fully saturated rings. The lowest BCUT2D eigenvalue weighted by molar-refractivity contribution is 0.00360. The van der Waals surface area contributed by atoms with Crippen molar-refractivity contribution in [3.05, 3.63) is 24.0 Å². The fourth-order valence-electron chi connectivity index (χ4n) is 2.85. The lowest BCUT2D eigenvalue weighted by Gasteiger charge is -2.42. The molecule has 0 aliphatic carbocycles. The molecule has 24 heavy (non-hydrogen) atoms. The highest BCUT2D eigenvalue weighted by Crippen LogP contribution is 2.20. The number of hydrogen-bond donors (Lipinski definition) is 1. The molecule has 136 valence electrons. The van der Waals surface area contributed by atoms with Gasteiger partial charge in [0.25, 0.3) is 0 Å². The zero-order valence-corrected chi connectivity index (χ0v) is 15.7. The molecular weight excluding hydrogens is 306 g/mol. The monoisotopic (exact) mass is 337 g/mol. The second kappa shape index (κ2) is 7.47. The number of piperazine rings is 1. The van der Waals surface area contributed by atoms with Gasteiger partial charge in [0.15, 0.2) is 0 Å². The number of ether oxygens (including phenoxy) is 2. The van der Waals surface area contributed by atoms with E-state index in [1.54, 1.807) is 0 Å². The van der Waals surface area contributed by atoms with Gasteiger partial charge >= 0.3 is 6.09 Å². The van der Waals surface area contributed by atoms with E-state index in [-0.39, 0.29) is 24.5 Å². The standard InChI is InChI=1S/C18H31N3O3/c1-13(2)23-16-11-15(7-8-19-16)20-9-10-21(14(3)12-20)17(22)24-18(4,5)6/h7-8,11,13-14,16,19H,9-10,12H2,1-6H3/t14-,16?/m1/s1. The number of hydrogen-bond acceptors (Lipinski definition) is 5. The maximum absolute atomic E-state index is 12.3. The Balaban J connectivity index is 1.96. The fourth-order valence-corrected chi connectivity index (χ4v) is 2.85. The second-order valence-electron chi connectivity index (χ2n) is 7.67. The Morgan fingerprint density at radius 1 is 1.33 bits per heavy atom. The summed E-state index contributed by atoms with van der Waals surface area (Å²) in [6.07, 6.45) is 5.89. The van der Waals surface area contributed by atoms with Crippen LogP contribution in [0.25, 0.3) is 0 Å². The predicted octanol–water partition coefficient (Wildman–Crippen LogP) is 2.68. The quantitative estimate of drug-likeness (QED) is 0.858. The minimum Gasteiger partial charge on any atom is -0.444 e. The van der Waals surface area contributed by atoms with Gasteiger partial charge in [0.05, 0.1) is 6.10 Å². The highest BCUT2D eigenvalue weighted by Gasteiger charge is 2.31. The maximum atomic E-state index is 12.3. The lowest BCUT2D eigenvalue weighted by Crippen LogP contribution is -2.54. The third-order valence-electron chi connectivity index (χ3n) is 3.88. The van der Waals surface area contributed by atoms with Crippen molar-refractivity contribution < 1.29 is 14.3 Å². The van der Waals surface area contributed by atoms with Crippen LogP contribution in [-0.4, -0.2) is 59.5 Å². The summed E-state index contributed by atoms with van der Waals surface area (Å²) in [5, 5.41) is 3.19. The van der Waals surface area contributed by atoms with Crippen LogP contribution in [0.3, 0.4) is 0 Å². The van der Waals surface area contributed by atoms with Crippen molar-refractivity contribution in [3.8, 4) is 0 Å². The van der Waals surface area contributed by atoms with Crippen molar-refractivity contribution in [1.82, 2.24) is 15.1 Å². The lowest BCUT2D eigenvalue weighted by atomic mass is 10.1. The first kappa shape index (κ1) is 18.6. The van der Waals surface area contributed by atoms with Crippen molar-refractivity contribution in [2.75, 3.05) is 19.6 Å². The van der Waals surface area contributed by atoms with E-state index in [9.17, 15) is 4.79 Å². The third-order valence-corrected chi connectivity index (χ3v) is 3.88. The molecule has 1 amide bonds. The predicted molar refractivity (Wildman–Crippen MR) is 94.3 cm³/mol. The van der Waals surface area contributed by atoms with Crippen LogP contribution in [0.1, 0.15) is 41.5 Å². The SMILES string of the molecule is CC(C)OC1C=C(N2CCN(C(=O)OC(C)(C)C)[C@H](C)C2)C=CN1. The molecule has 0 bridgehead atoms. The summed E-state index contributed by atoms with van der Waals surface area (Å²) in [5.74, 6) is 0. The first-order valence-electron chi connectivity index (χ1n) is 8.70. The molecule has 0 spiro atoms. The molecular formula is C18H31N3O3. The third kappa shape index (κ3) is 5.16. The number of rotatable bonds is 3. The van der Waals surface area contributed by atoms with Crippen LogP contribution in [0, 0.1) is 0 Å². The molecule has 1 saturated heterocycles. The Morgan fingerprint density at radius 3 is 2.62 bits per heavy atom. The van der Waals surface area contributed by atoms with Crippen LogP contribution >= 0.6 is 0 Å². The van der Waals surface area contributed by atoms with Gasteiger partial charge < -0.3 is 24.6 Å². The van der Waals surface area contributed by atoms with Gasteiger partial charge in [-0.1, -0.05) is 0 Å². The maximum Gasteiger partial charge on any atom is 0.410 e. The van der Waals surface area contributed by atoms with E-state index in [0.717, 1.165) is 18.8 Å².